The van der Waals surface area contributed by atoms with E-state index < -0.39 is 5.97 Å². The van der Waals surface area contributed by atoms with Crippen LogP contribution in [0.3, 0.4) is 0 Å². The summed E-state index contributed by atoms with van der Waals surface area (Å²) in [5.41, 5.74) is 1.16. The lowest BCUT2D eigenvalue weighted by Gasteiger charge is -1.99. The summed E-state index contributed by atoms with van der Waals surface area (Å²) in [5, 5.41) is 9.89. The molecule has 0 radical (unpaired) electrons. The van der Waals surface area contributed by atoms with Gasteiger partial charge < -0.3 is 14.8 Å². The molecule has 0 bridgehead atoms. The van der Waals surface area contributed by atoms with Gasteiger partial charge in [0.1, 0.15) is 0 Å². The summed E-state index contributed by atoms with van der Waals surface area (Å²) >= 11 is 0. The minimum atomic E-state index is -0.408. The van der Waals surface area contributed by atoms with E-state index >= 15 is 0 Å². The third-order valence-electron chi connectivity index (χ3n) is 2.06. The predicted octanol–water partition coefficient (Wildman–Crippen LogP) is 1.66. The number of aromatic hydroxyl groups is 1. The van der Waals surface area contributed by atoms with Crippen LogP contribution in [0.2, 0.25) is 0 Å². The number of ether oxygens (including phenoxy) is 1. The highest BCUT2D eigenvalue weighted by molar-refractivity contribution is 6.04. The summed E-state index contributed by atoms with van der Waals surface area (Å²) in [6, 6.07) is 6.66. The zero-order chi connectivity index (χ0) is 10.1. The van der Waals surface area contributed by atoms with Crippen molar-refractivity contribution >= 4 is 16.9 Å². The molecule has 2 aromatic rings. The minimum absolute atomic E-state index is 0.0383. The highest BCUT2D eigenvalue weighted by atomic mass is 16.5. The van der Waals surface area contributed by atoms with Crippen LogP contribution in [0.15, 0.2) is 24.3 Å². The van der Waals surface area contributed by atoms with Crippen molar-refractivity contribution in [2.45, 2.75) is 0 Å². The van der Waals surface area contributed by atoms with Gasteiger partial charge in [0.05, 0.1) is 12.7 Å². The van der Waals surface area contributed by atoms with Crippen LogP contribution >= 0.6 is 0 Å². The molecule has 72 valence electrons. The molecule has 0 fully saturated rings. The molecule has 0 saturated heterocycles. The topological polar surface area (TPSA) is 62.3 Å². The van der Waals surface area contributed by atoms with Gasteiger partial charge in [0, 0.05) is 17.0 Å². The van der Waals surface area contributed by atoms with Crippen LogP contribution < -0.4 is 0 Å². The predicted molar refractivity (Wildman–Crippen MR) is 51.3 cm³/mol. The Hall–Kier alpha value is -1.97. The Bertz CT molecular complexity index is 487. The fraction of sp³-hybridized carbons (Fsp3) is 0.100. The number of esters is 1. The molecule has 0 aliphatic carbocycles. The van der Waals surface area contributed by atoms with Crippen LogP contribution in [0, 0.1) is 0 Å². The van der Waals surface area contributed by atoms with Gasteiger partial charge in [-0.25, -0.2) is 4.79 Å². The van der Waals surface area contributed by atoms with E-state index in [-0.39, 0.29) is 5.88 Å². The SMILES string of the molecule is COC(=O)c1cccc2[nH]c(O)cc12. The second kappa shape index (κ2) is 3.06. The number of aromatic nitrogens is 1. The van der Waals surface area contributed by atoms with Crippen LogP contribution in [0.5, 0.6) is 5.88 Å². The second-order valence-electron chi connectivity index (χ2n) is 2.91. The lowest BCUT2D eigenvalue weighted by atomic mass is 10.1. The van der Waals surface area contributed by atoms with Gasteiger partial charge in [0.15, 0.2) is 5.88 Å². The maximum absolute atomic E-state index is 11.3. The van der Waals surface area contributed by atoms with E-state index in [1.165, 1.54) is 13.2 Å². The van der Waals surface area contributed by atoms with Crippen molar-refractivity contribution in [3.05, 3.63) is 29.8 Å². The van der Waals surface area contributed by atoms with Crippen LogP contribution in [0.4, 0.5) is 0 Å². The lowest BCUT2D eigenvalue weighted by Crippen LogP contribution is -2.00. The number of carbonyl (C=O) groups is 1. The molecular formula is C10H9NO3. The number of fused-ring (bicyclic) bond motifs is 1. The Morgan fingerprint density at radius 3 is 3.00 bits per heavy atom. The molecule has 0 atom stereocenters. The monoisotopic (exact) mass is 191 g/mol. The Kier molecular flexibility index (Phi) is 1.89. The van der Waals surface area contributed by atoms with Crippen molar-refractivity contribution < 1.29 is 14.6 Å². The van der Waals surface area contributed by atoms with Gasteiger partial charge in [0.25, 0.3) is 0 Å². The van der Waals surface area contributed by atoms with Gasteiger partial charge >= 0.3 is 5.97 Å². The summed E-state index contributed by atoms with van der Waals surface area (Å²) in [6.45, 7) is 0. The Morgan fingerprint density at radius 2 is 2.29 bits per heavy atom. The summed E-state index contributed by atoms with van der Waals surface area (Å²) in [7, 11) is 1.33. The molecule has 0 unspecified atom stereocenters. The van der Waals surface area contributed by atoms with E-state index in [9.17, 15) is 9.90 Å². The molecule has 14 heavy (non-hydrogen) atoms. The van der Waals surface area contributed by atoms with E-state index in [0.717, 1.165) is 0 Å². The van der Waals surface area contributed by atoms with Crippen molar-refractivity contribution in [1.82, 2.24) is 4.98 Å². The molecule has 4 heteroatoms. The maximum Gasteiger partial charge on any atom is 0.338 e. The van der Waals surface area contributed by atoms with E-state index in [4.69, 9.17) is 0 Å². The Balaban J connectivity index is 2.70. The Morgan fingerprint density at radius 1 is 1.50 bits per heavy atom. The molecule has 0 amide bonds. The zero-order valence-corrected chi connectivity index (χ0v) is 7.57. The van der Waals surface area contributed by atoms with Crippen molar-refractivity contribution in [1.29, 1.82) is 0 Å². The number of methoxy groups -OCH3 is 1. The largest absolute Gasteiger partial charge is 0.495 e. The van der Waals surface area contributed by atoms with Gasteiger partial charge in [-0.2, -0.15) is 0 Å². The number of hydrogen-bond donors (Lipinski definition) is 2. The average Bonchev–Trinajstić information content (AvgIpc) is 2.56. The summed E-state index contributed by atoms with van der Waals surface area (Å²) in [6.07, 6.45) is 0. The molecule has 0 saturated carbocycles. The number of carbonyl (C=O) groups excluding carboxylic acids is 1. The smallest absolute Gasteiger partial charge is 0.338 e. The minimum Gasteiger partial charge on any atom is -0.495 e. The number of hydrogen-bond acceptors (Lipinski definition) is 3. The van der Waals surface area contributed by atoms with E-state index in [0.29, 0.717) is 16.5 Å². The fourth-order valence-electron chi connectivity index (χ4n) is 1.43. The molecule has 0 aliphatic rings. The summed E-state index contributed by atoms with van der Waals surface area (Å²) < 4.78 is 4.62. The van der Waals surface area contributed by atoms with Gasteiger partial charge in [-0.15, -0.1) is 0 Å². The molecule has 1 aromatic heterocycles. The number of nitrogens with one attached hydrogen (secondary N) is 1. The first kappa shape index (κ1) is 8.62. The van der Waals surface area contributed by atoms with Gasteiger partial charge in [-0.3, -0.25) is 0 Å². The van der Waals surface area contributed by atoms with E-state index in [1.807, 2.05) is 0 Å². The first-order valence-electron chi connectivity index (χ1n) is 4.11. The van der Waals surface area contributed by atoms with Crippen LogP contribution in [0.1, 0.15) is 10.4 Å². The normalized spacial score (nSPS) is 10.4. The molecule has 0 spiro atoms. The molecule has 4 nitrogen and oxygen atoms in total. The van der Waals surface area contributed by atoms with Gasteiger partial charge in [-0.05, 0) is 12.1 Å². The van der Waals surface area contributed by atoms with E-state index in [1.54, 1.807) is 18.2 Å². The summed E-state index contributed by atoms with van der Waals surface area (Å²) in [4.78, 5) is 14.0. The molecule has 2 rings (SSSR count). The highest BCUT2D eigenvalue weighted by Gasteiger charge is 2.11. The number of H-pyrrole nitrogens is 1. The van der Waals surface area contributed by atoms with Gasteiger partial charge in [0.2, 0.25) is 0 Å². The molecule has 1 heterocycles. The molecule has 1 aromatic carbocycles. The van der Waals surface area contributed by atoms with Crippen molar-refractivity contribution in [3.8, 4) is 5.88 Å². The highest BCUT2D eigenvalue weighted by Crippen LogP contribution is 2.23. The van der Waals surface area contributed by atoms with Crippen molar-refractivity contribution in [2.75, 3.05) is 7.11 Å². The molecular weight excluding hydrogens is 182 g/mol. The van der Waals surface area contributed by atoms with Crippen molar-refractivity contribution in [2.24, 2.45) is 0 Å². The molecule has 0 aliphatic heterocycles. The third kappa shape index (κ3) is 1.21. The number of rotatable bonds is 1. The number of aromatic amines is 1. The van der Waals surface area contributed by atoms with Crippen LogP contribution in [0.25, 0.3) is 10.9 Å². The Labute approximate surface area is 80.1 Å². The molecule has 2 N–H and O–H groups in total. The number of benzene rings is 1. The first-order valence-corrected chi connectivity index (χ1v) is 4.11. The maximum atomic E-state index is 11.3. The first-order chi connectivity index (χ1) is 6.72. The lowest BCUT2D eigenvalue weighted by molar-refractivity contribution is 0.0603. The zero-order valence-electron chi connectivity index (χ0n) is 7.57. The third-order valence-corrected chi connectivity index (χ3v) is 2.06. The quantitative estimate of drug-likeness (QED) is 0.674. The average molecular weight is 191 g/mol. The standard InChI is InChI=1S/C10H9NO3/c1-14-10(13)6-3-2-4-8-7(6)5-9(12)11-8/h2-5,11-12H,1H3. The summed E-state index contributed by atoms with van der Waals surface area (Å²) in [5.74, 6) is -0.369. The van der Waals surface area contributed by atoms with Gasteiger partial charge in [-0.1, -0.05) is 6.07 Å². The van der Waals surface area contributed by atoms with Crippen LogP contribution in [-0.2, 0) is 4.74 Å². The fourth-order valence-corrected chi connectivity index (χ4v) is 1.43. The van der Waals surface area contributed by atoms with E-state index in [2.05, 4.69) is 9.72 Å². The van der Waals surface area contributed by atoms with Crippen LogP contribution in [-0.4, -0.2) is 23.2 Å². The second-order valence-corrected chi connectivity index (χ2v) is 2.91. The van der Waals surface area contributed by atoms with Crippen molar-refractivity contribution in [3.63, 3.8) is 0 Å².